The number of benzene rings is 1. The van der Waals surface area contributed by atoms with E-state index in [1.54, 1.807) is 0 Å². The topological polar surface area (TPSA) is 49.7 Å². The van der Waals surface area contributed by atoms with E-state index in [2.05, 4.69) is 13.8 Å². The lowest BCUT2D eigenvalue weighted by Gasteiger charge is -2.22. The number of halogens is 1. The molecule has 0 aliphatic heterocycles. The molecule has 0 saturated carbocycles. The predicted octanol–water partition coefficient (Wildman–Crippen LogP) is 3.67. The molecule has 20 heavy (non-hydrogen) atoms. The van der Waals surface area contributed by atoms with Crippen molar-refractivity contribution >= 4 is 11.6 Å². The zero-order chi connectivity index (χ0) is 15.1. The first kappa shape index (κ1) is 17.3. The quantitative estimate of drug-likeness (QED) is 0.770. The first-order chi connectivity index (χ1) is 9.53. The highest BCUT2D eigenvalue weighted by atomic mass is 35.5. The molecule has 0 bridgehead atoms. The van der Waals surface area contributed by atoms with Crippen LogP contribution in [0.1, 0.15) is 50.2 Å². The second-order valence-electron chi connectivity index (χ2n) is 5.16. The van der Waals surface area contributed by atoms with Crippen LogP contribution in [-0.2, 0) is 0 Å². The molecule has 2 unspecified atom stereocenters. The molecule has 0 aliphatic carbocycles. The minimum absolute atomic E-state index is 0.127. The third-order valence-electron chi connectivity index (χ3n) is 3.45. The average Bonchev–Trinajstić information content (AvgIpc) is 2.45. The number of rotatable bonds is 8. The molecule has 0 amide bonds. The van der Waals surface area contributed by atoms with E-state index in [1.807, 2.05) is 19.1 Å². The van der Waals surface area contributed by atoms with Crippen molar-refractivity contribution in [3.8, 4) is 5.75 Å². The molecule has 0 fully saturated rings. The lowest BCUT2D eigenvalue weighted by molar-refractivity contribution is 0.0814. The Morgan fingerprint density at radius 1 is 1.30 bits per heavy atom. The highest BCUT2D eigenvalue weighted by Gasteiger charge is 2.19. The maximum Gasteiger partial charge on any atom is 0.123 e. The van der Waals surface area contributed by atoms with Gasteiger partial charge in [-0.1, -0.05) is 25.4 Å². The van der Waals surface area contributed by atoms with Crippen LogP contribution in [0.3, 0.4) is 0 Å². The monoisotopic (exact) mass is 300 g/mol. The van der Waals surface area contributed by atoms with Crippen LogP contribution in [0.15, 0.2) is 12.1 Å². The smallest absolute Gasteiger partial charge is 0.123 e. The SMILES string of the molecule is CCCOc1cc(C)c(Cl)cc1C(CC)CC(O)CO. The zero-order valence-corrected chi connectivity index (χ0v) is 13.3. The Hall–Kier alpha value is -0.770. The van der Waals surface area contributed by atoms with Gasteiger partial charge in [-0.3, -0.25) is 0 Å². The van der Waals surface area contributed by atoms with E-state index >= 15 is 0 Å². The molecular formula is C16H25ClO3. The van der Waals surface area contributed by atoms with Gasteiger partial charge in [0.05, 0.1) is 19.3 Å². The zero-order valence-electron chi connectivity index (χ0n) is 12.5. The summed E-state index contributed by atoms with van der Waals surface area (Å²) in [5.74, 6) is 0.966. The van der Waals surface area contributed by atoms with Gasteiger partial charge in [-0.15, -0.1) is 0 Å². The van der Waals surface area contributed by atoms with Gasteiger partial charge in [-0.25, -0.2) is 0 Å². The molecule has 1 aromatic rings. The van der Waals surface area contributed by atoms with Crippen LogP contribution in [0.4, 0.5) is 0 Å². The number of ether oxygens (including phenoxy) is 1. The summed E-state index contributed by atoms with van der Waals surface area (Å²) in [5, 5.41) is 19.4. The first-order valence-corrected chi connectivity index (χ1v) is 7.62. The van der Waals surface area contributed by atoms with Gasteiger partial charge in [0, 0.05) is 5.02 Å². The Labute approximate surface area is 126 Å². The molecule has 0 aliphatic rings. The maximum absolute atomic E-state index is 9.69. The molecule has 3 nitrogen and oxygen atoms in total. The van der Waals surface area contributed by atoms with E-state index in [-0.39, 0.29) is 12.5 Å². The molecule has 0 heterocycles. The van der Waals surface area contributed by atoms with Gasteiger partial charge in [0.15, 0.2) is 0 Å². The fourth-order valence-corrected chi connectivity index (χ4v) is 2.42. The van der Waals surface area contributed by atoms with Gasteiger partial charge >= 0.3 is 0 Å². The van der Waals surface area contributed by atoms with E-state index < -0.39 is 6.10 Å². The van der Waals surface area contributed by atoms with Gasteiger partial charge < -0.3 is 14.9 Å². The van der Waals surface area contributed by atoms with E-state index in [0.29, 0.717) is 18.1 Å². The van der Waals surface area contributed by atoms with E-state index in [0.717, 1.165) is 29.7 Å². The molecule has 2 N–H and O–H groups in total. The van der Waals surface area contributed by atoms with Gasteiger partial charge in [-0.2, -0.15) is 0 Å². The summed E-state index contributed by atoms with van der Waals surface area (Å²) in [6.45, 7) is 6.52. The highest BCUT2D eigenvalue weighted by molar-refractivity contribution is 6.31. The molecule has 0 spiro atoms. The average molecular weight is 301 g/mol. The third kappa shape index (κ3) is 4.65. The van der Waals surface area contributed by atoms with Crippen molar-refractivity contribution in [2.24, 2.45) is 0 Å². The van der Waals surface area contributed by atoms with Crippen LogP contribution in [0.25, 0.3) is 0 Å². The normalized spacial score (nSPS) is 14.1. The minimum atomic E-state index is -0.709. The Balaban J connectivity index is 3.07. The third-order valence-corrected chi connectivity index (χ3v) is 3.86. The second-order valence-corrected chi connectivity index (χ2v) is 5.57. The van der Waals surface area contributed by atoms with Gasteiger partial charge in [0.25, 0.3) is 0 Å². The second kappa shape index (κ2) is 8.50. The van der Waals surface area contributed by atoms with Gasteiger partial charge in [-0.05, 0) is 55.4 Å². The molecule has 1 aromatic carbocycles. The molecule has 0 saturated heterocycles. The fourth-order valence-electron chi connectivity index (χ4n) is 2.24. The van der Waals surface area contributed by atoms with Crippen LogP contribution >= 0.6 is 11.6 Å². The summed E-state index contributed by atoms with van der Waals surface area (Å²) in [6, 6.07) is 3.89. The lowest BCUT2D eigenvalue weighted by atomic mass is 9.89. The Bertz CT molecular complexity index is 420. The van der Waals surface area contributed by atoms with E-state index in [1.165, 1.54) is 0 Å². The van der Waals surface area contributed by atoms with Crippen LogP contribution in [0.2, 0.25) is 5.02 Å². The Morgan fingerprint density at radius 3 is 2.55 bits per heavy atom. The van der Waals surface area contributed by atoms with Crippen LogP contribution in [0.5, 0.6) is 5.75 Å². The van der Waals surface area contributed by atoms with Crippen molar-refractivity contribution < 1.29 is 14.9 Å². The summed E-state index contributed by atoms with van der Waals surface area (Å²) >= 11 is 6.22. The maximum atomic E-state index is 9.69. The fraction of sp³-hybridized carbons (Fsp3) is 0.625. The lowest BCUT2D eigenvalue weighted by Crippen LogP contribution is -2.17. The number of hydrogen-bond donors (Lipinski definition) is 2. The highest BCUT2D eigenvalue weighted by Crippen LogP contribution is 2.36. The first-order valence-electron chi connectivity index (χ1n) is 7.25. The standard InChI is InChI=1S/C16H25ClO3/c1-4-6-20-16-7-11(3)15(17)9-14(16)12(5-2)8-13(19)10-18/h7,9,12-13,18-19H,4-6,8,10H2,1-3H3. The van der Waals surface area contributed by atoms with Crippen molar-refractivity contribution in [1.29, 1.82) is 0 Å². The van der Waals surface area contributed by atoms with Crippen molar-refractivity contribution in [3.05, 3.63) is 28.3 Å². The molecule has 0 aromatic heterocycles. The molecular weight excluding hydrogens is 276 g/mol. The van der Waals surface area contributed by atoms with Crippen LogP contribution in [-0.4, -0.2) is 29.5 Å². The summed E-state index contributed by atoms with van der Waals surface area (Å²) < 4.78 is 5.82. The van der Waals surface area contributed by atoms with E-state index in [9.17, 15) is 5.11 Å². The summed E-state index contributed by atoms with van der Waals surface area (Å²) in [5.41, 5.74) is 2.00. The number of aryl methyl sites for hydroxylation is 1. The Kier molecular flexibility index (Phi) is 7.35. The summed E-state index contributed by atoms with van der Waals surface area (Å²) in [6.07, 6.45) is 1.60. The minimum Gasteiger partial charge on any atom is -0.493 e. The van der Waals surface area contributed by atoms with Crippen molar-refractivity contribution in [2.75, 3.05) is 13.2 Å². The van der Waals surface area contributed by atoms with Crippen LogP contribution < -0.4 is 4.74 Å². The number of aliphatic hydroxyl groups is 2. The van der Waals surface area contributed by atoms with Crippen molar-refractivity contribution in [2.45, 2.75) is 52.1 Å². The number of aliphatic hydroxyl groups excluding tert-OH is 2. The van der Waals surface area contributed by atoms with Gasteiger partial charge in [0.2, 0.25) is 0 Å². The van der Waals surface area contributed by atoms with Crippen molar-refractivity contribution in [1.82, 2.24) is 0 Å². The largest absolute Gasteiger partial charge is 0.493 e. The summed E-state index contributed by atoms with van der Waals surface area (Å²) in [7, 11) is 0. The van der Waals surface area contributed by atoms with Crippen LogP contribution in [0, 0.1) is 6.92 Å². The van der Waals surface area contributed by atoms with E-state index in [4.69, 9.17) is 21.4 Å². The Morgan fingerprint density at radius 2 is 2.00 bits per heavy atom. The molecule has 1 rings (SSSR count). The molecule has 2 atom stereocenters. The number of hydrogen-bond acceptors (Lipinski definition) is 3. The molecule has 4 heteroatoms. The predicted molar refractivity (Wildman–Crippen MR) is 82.7 cm³/mol. The molecule has 114 valence electrons. The molecule has 0 radical (unpaired) electrons. The van der Waals surface area contributed by atoms with Crippen molar-refractivity contribution in [3.63, 3.8) is 0 Å². The van der Waals surface area contributed by atoms with Gasteiger partial charge in [0.1, 0.15) is 5.75 Å². The summed E-state index contributed by atoms with van der Waals surface area (Å²) in [4.78, 5) is 0.